The minimum Gasteiger partial charge on any atom is -0.232 e. The molecule has 0 saturated heterocycles. The number of halogens is 1. The summed E-state index contributed by atoms with van der Waals surface area (Å²) in [6, 6.07) is 19.3. The van der Waals surface area contributed by atoms with Gasteiger partial charge in [0, 0.05) is 5.56 Å². The van der Waals surface area contributed by atoms with Crippen LogP contribution in [0.1, 0.15) is 5.56 Å². The van der Waals surface area contributed by atoms with Gasteiger partial charge in [0.2, 0.25) is 0 Å². The molecule has 0 aliphatic rings. The van der Waals surface area contributed by atoms with Crippen LogP contribution in [0, 0.1) is 11.3 Å². The maximum Gasteiger partial charge on any atom is 0.103 e. The molecule has 0 aliphatic heterocycles. The molecule has 4 heteroatoms. The van der Waals surface area contributed by atoms with Crippen molar-refractivity contribution in [1.29, 1.82) is 5.26 Å². The Kier molecular flexibility index (Phi) is 3.24. The van der Waals surface area contributed by atoms with Crippen molar-refractivity contribution in [3.8, 4) is 23.0 Å². The van der Waals surface area contributed by atoms with E-state index < -0.39 is 0 Å². The van der Waals surface area contributed by atoms with Crippen LogP contribution in [-0.2, 0) is 0 Å². The van der Waals surface area contributed by atoms with E-state index in [4.69, 9.17) is 11.6 Å². The smallest absolute Gasteiger partial charge is 0.103 e. The van der Waals surface area contributed by atoms with Gasteiger partial charge < -0.3 is 0 Å². The van der Waals surface area contributed by atoms with Crippen LogP contribution in [0.3, 0.4) is 0 Å². The summed E-state index contributed by atoms with van der Waals surface area (Å²) in [7, 11) is 0. The number of hydrogen-bond acceptors (Lipinski definition) is 2. The van der Waals surface area contributed by atoms with E-state index in [0.29, 0.717) is 16.3 Å². The molecule has 0 fully saturated rings. The Bertz CT molecular complexity index is 785. The normalized spacial score (nSPS) is 10.2. The zero-order valence-corrected chi connectivity index (χ0v) is 11.2. The van der Waals surface area contributed by atoms with Crippen LogP contribution in [0.4, 0.5) is 0 Å². The van der Waals surface area contributed by atoms with Gasteiger partial charge in [-0.3, -0.25) is 0 Å². The molecule has 3 aromatic rings. The average Bonchev–Trinajstić information content (AvgIpc) is 2.92. The van der Waals surface area contributed by atoms with E-state index >= 15 is 0 Å². The lowest BCUT2D eigenvalue weighted by Gasteiger charge is -2.09. The summed E-state index contributed by atoms with van der Waals surface area (Å²) in [6.45, 7) is 0. The molecule has 3 rings (SSSR count). The molecule has 1 heterocycles. The molecule has 0 unspecified atom stereocenters. The van der Waals surface area contributed by atoms with E-state index in [1.807, 2.05) is 48.5 Å². The Labute approximate surface area is 121 Å². The van der Waals surface area contributed by atoms with Crippen LogP contribution < -0.4 is 0 Å². The average molecular weight is 280 g/mol. The lowest BCUT2D eigenvalue weighted by Crippen LogP contribution is -1.99. The van der Waals surface area contributed by atoms with Crippen molar-refractivity contribution in [2.75, 3.05) is 0 Å². The fraction of sp³-hybridized carbons (Fsp3) is 0. The zero-order valence-electron chi connectivity index (χ0n) is 10.5. The first-order chi connectivity index (χ1) is 9.81. The summed E-state index contributed by atoms with van der Waals surface area (Å²) in [5.74, 6) is 0. The van der Waals surface area contributed by atoms with Gasteiger partial charge in [-0.25, -0.2) is 4.68 Å². The maximum atomic E-state index is 9.28. The van der Waals surface area contributed by atoms with Crippen molar-refractivity contribution in [3.63, 3.8) is 0 Å². The first kappa shape index (κ1) is 12.5. The lowest BCUT2D eigenvalue weighted by molar-refractivity contribution is 0.888. The summed E-state index contributed by atoms with van der Waals surface area (Å²) in [4.78, 5) is 0. The summed E-state index contributed by atoms with van der Waals surface area (Å²) in [6.07, 6.45) is 1.56. The second-order valence-electron chi connectivity index (χ2n) is 4.25. The highest BCUT2D eigenvalue weighted by atomic mass is 35.5. The largest absolute Gasteiger partial charge is 0.232 e. The van der Waals surface area contributed by atoms with Gasteiger partial charge in [0.15, 0.2) is 0 Å². The van der Waals surface area contributed by atoms with Crippen LogP contribution >= 0.6 is 11.6 Å². The number of nitriles is 1. The highest BCUT2D eigenvalue weighted by Crippen LogP contribution is 2.31. The molecule has 0 amide bonds. The molecule has 96 valence electrons. The number of hydrogen-bond donors (Lipinski definition) is 0. The Morgan fingerprint density at radius 2 is 1.70 bits per heavy atom. The summed E-state index contributed by atoms with van der Waals surface area (Å²) < 4.78 is 1.74. The van der Waals surface area contributed by atoms with Crippen molar-refractivity contribution < 1.29 is 0 Å². The molecule has 0 bridgehead atoms. The zero-order chi connectivity index (χ0) is 13.9. The SMILES string of the molecule is N#Cc1cnn(-c2ccccc2)c1-c1ccccc1Cl. The number of rotatable bonds is 2. The minimum atomic E-state index is 0.502. The van der Waals surface area contributed by atoms with Gasteiger partial charge in [-0.1, -0.05) is 48.0 Å². The standard InChI is InChI=1S/C16H10ClN3/c17-15-9-5-4-8-14(15)16-12(10-18)11-19-20(16)13-6-2-1-3-7-13/h1-9,11H. The van der Waals surface area contributed by atoms with Gasteiger partial charge in [0.25, 0.3) is 0 Å². The first-order valence-electron chi connectivity index (χ1n) is 6.09. The summed E-state index contributed by atoms with van der Waals surface area (Å²) in [5.41, 5.74) is 2.90. The second kappa shape index (κ2) is 5.20. The Morgan fingerprint density at radius 3 is 2.40 bits per heavy atom. The molecule has 3 nitrogen and oxygen atoms in total. The van der Waals surface area contributed by atoms with E-state index in [-0.39, 0.29) is 0 Å². The van der Waals surface area contributed by atoms with Gasteiger partial charge in [0.1, 0.15) is 6.07 Å². The molecule has 2 aromatic carbocycles. The van der Waals surface area contributed by atoms with Gasteiger partial charge >= 0.3 is 0 Å². The summed E-state index contributed by atoms with van der Waals surface area (Å²) >= 11 is 6.25. The van der Waals surface area contributed by atoms with Crippen molar-refractivity contribution in [3.05, 3.63) is 71.4 Å². The highest BCUT2D eigenvalue weighted by Gasteiger charge is 2.16. The number of aromatic nitrogens is 2. The summed E-state index contributed by atoms with van der Waals surface area (Å²) in [5, 5.41) is 14.2. The van der Waals surface area contributed by atoms with E-state index in [1.165, 1.54) is 0 Å². The predicted octanol–water partition coefficient (Wildman–Crippen LogP) is 4.06. The van der Waals surface area contributed by atoms with Crippen molar-refractivity contribution in [2.45, 2.75) is 0 Å². The van der Waals surface area contributed by atoms with Crippen LogP contribution in [-0.4, -0.2) is 9.78 Å². The number of benzene rings is 2. The van der Waals surface area contributed by atoms with Crippen molar-refractivity contribution in [1.82, 2.24) is 9.78 Å². The molecule has 0 saturated carbocycles. The lowest BCUT2D eigenvalue weighted by atomic mass is 10.1. The number of para-hydroxylation sites is 1. The first-order valence-corrected chi connectivity index (χ1v) is 6.47. The van der Waals surface area contributed by atoms with E-state index in [0.717, 1.165) is 11.3 Å². The molecule has 0 spiro atoms. The quantitative estimate of drug-likeness (QED) is 0.710. The molecular formula is C16H10ClN3. The Morgan fingerprint density at radius 1 is 1.00 bits per heavy atom. The van der Waals surface area contributed by atoms with Gasteiger partial charge in [-0.15, -0.1) is 0 Å². The van der Waals surface area contributed by atoms with Crippen LogP contribution in [0.2, 0.25) is 5.02 Å². The monoisotopic (exact) mass is 279 g/mol. The van der Waals surface area contributed by atoms with Gasteiger partial charge in [-0.2, -0.15) is 10.4 Å². The molecule has 0 aliphatic carbocycles. The maximum absolute atomic E-state index is 9.28. The topological polar surface area (TPSA) is 41.6 Å². The van der Waals surface area contributed by atoms with Crippen molar-refractivity contribution in [2.24, 2.45) is 0 Å². The van der Waals surface area contributed by atoms with E-state index in [2.05, 4.69) is 11.2 Å². The van der Waals surface area contributed by atoms with Crippen LogP contribution in [0.25, 0.3) is 16.9 Å². The predicted molar refractivity (Wildman–Crippen MR) is 78.7 cm³/mol. The third-order valence-electron chi connectivity index (χ3n) is 3.02. The van der Waals surface area contributed by atoms with Gasteiger partial charge in [-0.05, 0) is 18.2 Å². The fourth-order valence-electron chi connectivity index (χ4n) is 2.11. The van der Waals surface area contributed by atoms with Gasteiger partial charge in [0.05, 0.1) is 28.2 Å². The molecule has 0 atom stereocenters. The molecule has 20 heavy (non-hydrogen) atoms. The van der Waals surface area contributed by atoms with E-state index in [1.54, 1.807) is 16.9 Å². The van der Waals surface area contributed by atoms with Crippen molar-refractivity contribution >= 4 is 11.6 Å². The third-order valence-corrected chi connectivity index (χ3v) is 3.35. The molecule has 1 aromatic heterocycles. The molecule has 0 N–H and O–H groups in total. The minimum absolute atomic E-state index is 0.502. The second-order valence-corrected chi connectivity index (χ2v) is 4.65. The number of nitrogens with zero attached hydrogens (tertiary/aromatic N) is 3. The Balaban J connectivity index is 2.28. The Hall–Kier alpha value is -2.57. The third kappa shape index (κ3) is 2.07. The highest BCUT2D eigenvalue weighted by molar-refractivity contribution is 6.33. The van der Waals surface area contributed by atoms with Crippen LogP contribution in [0.15, 0.2) is 60.8 Å². The molecular weight excluding hydrogens is 270 g/mol. The fourth-order valence-corrected chi connectivity index (χ4v) is 2.33. The van der Waals surface area contributed by atoms with E-state index in [9.17, 15) is 5.26 Å². The molecule has 0 radical (unpaired) electrons. The van der Waals surface area contributed by atoms with Crippen LogP contribution in [0.5, 0.6) is 0 Å².